The zero-order valence-corrected chi connectivity index (χ0v) is 58.4. The second kappa shape index (κ2) is 43.8. The van der Waals surface area contributed by atoms with Crippen molar-refractivity contribution in [3.63, 3.8) is 0 Å². The van der Waals surface area contributed by atoms with Gasteiger partial charge < -0.3 is 68.3 Å². The number of halogens is 8. The Morgan fingerprint density at radius 3 is 0.796 bits per heavy atom. The van der Waals surface area contributed by atoms with Gasteiger partial charge in [-0.25, -0.2) is 0 Å². The highest BCUT2D eigenvalue weighted by Gasteiger charge is 2.31. The monoisotopic (exact) mass is 1450 g/mol. The molecular weight excluding hydrogens is 1360 g/mol. The minimum absolute atomic E-state index is 0.0138. The molecule has 0 aromatic heterocycles. The van der Waals surface area contributed by atoms with Gasteiger partial charge in [-0.15, -0.1) is 0 Å². The lowest BCUT2D eigenvalue weighted by Crippen LogP contribution is -2.53. The van der Waals surface area contributed by atoms with E-state index >= 15 is 14.4 Å². The zero-order valence-electron chi connectivity index (χ0n) is 52.4. The van der Waals surface area contributed by atoms with Crippen molar-refractivity contribution in [1.82, 2.24) is 39.6 Å². The average molecular weight is 1450 g/mol. The largest absolute Gasteiger partial charge is 0.368 e. The molecule has 0 radical (unpaired) electrons. The molecule has 4 rings (SSSR count). The van der Waals surface area contributed by atoms with E-state index in [-0.39, 0.29) is 102 Å². The second-order valence-corrected chi connectivity index (χ2v) is 25.7. The van der Waals surface area contributed by atoms with Crippen molar-refractivity contribution in [2.45, 2.75) is 77.0 Å². The Morgan fingerprint density at radius 2 is 0.548 bits per heavy atom. The van der Waals surface area contributed by atoms with Crippen molar-refractivity contribution in [1.29, 1.82) is 0 Å². The molecule has 0 unspecified atom stereocenters. The Morgan fingerprint density at radius 1 is 0.312 bits per heavy atom. The Labute approximate surface area is 585 Å². The normalized spacial score (nSPS) is 11.1. The Kier molecular flexibility index (Phi) is 37.7. The number of rotatable bonds is 44. The highest BCUT2D eigenvalue weighted by atomic mass is 35.5. The van der Waals surface area contributed by atoms with Gasteiger partial charge in [0, 0.05) is 86.0 Å². The lowest BCUT2D eigenvalue weighted by atomic mass is 10.1. The molecule has 0 aliphatic carbocycles. The number of nitrogens with zero attached hydrogens (tertiary/aromatic N) is 7. The van der Waals surface area contributed by atoms with Crippen LogP contribution in [0, 0.1) is 0 Å². The zero-order chi connectivity index (χ0) is 68.4. The van der Waals surface area contributed by atoms with E-state index < -0.39 is 80.6 Å². The summed E-state index contributed by atoms with van der Waals surface area (Å²) in [5.41, 5.74) is 31.3. The minimum Gasteiger partial charge on any atom is -0.368 e. The molecule has 0 bridgehead atoms. The summed E-state index contributed by atoms with van der Waals surface area (Å²) in [5, 5.41) is 5.83. The third-order valence-corrected chi connectivity index (χ3v) is 17.5. The Balaban J connectivity index is 1.75. The van der Waals surface area contributed by atoms with Gasteiger partial charge in [0.2, 0.25) is 47.3 Å². The van der Waals surface area contributed by atoms with Crippen molar-refractivity contribution < 1.29 is 38.4 Å². The van der Waals surface area contributed by atoms with Crippen LogP contribution >= 0.6 is 92.8 Å². The summed E-state index contributed by atoms with van der Waals surface area (Å²) in [6, 6.07) is 19.4. The van der Waals surface area contributed by atoms with Gasteiger partial charge in [0.15, 0.2) is 0 Å². The van der Waals surface area contributed by atoms with Crippen LogP contribution in [-0.4, -0.2) is 212 Å². The Hall–Kier alpha value is -5.24. The molecule has 4 aromatic carbocycles. The van der Waals surface area contributed by atoms with Gasteiger partial charge in [0.1, 0.15) is 0 Å². The summed E-state index contributed by atoms with van der Waals surface area (Å²) in [5.74, 6) is -4.91. The highest BCUT2D eigenvalue weighted by molar-refractivity contribution is 6.36. The number of hydrogen-bond acceptors (Lipinski definition) is 13. The standard InChI is InChI=1S/C64H87Cl8N13O8/c65-49-13-9-45(53(69)33-49)17-29-82(38-57(77)86)61(90)42-83(30-18-46-10-14-50(66)34-54(46)70)63(92)44-85(32-20-48-12-16-52(68)36-56(48)72)64(93)43-84(31-19-47-11-15-51(67)35-55(47)71)62(91)41-81(28-8-4-24-76)60(89)40-80(27-7-3-23-75)59(88)39-79(26-6-2-22-74)58(87)37-78-25-5-1-21-73/h9-16,33-36,78H,1-8,17-32,37-44,73-76H2,(H2,77,86). The summed E-state index contributed by atoms with van der Waals surface area (Å²) < 4.78 is 0. The van der Waals surface area contributed by atoms with E-state index in [1.165, 1.54) is 46.4 Å². The molecule has 29 heteroatoms. The first-order valence-electron chi connectivity index (χ1n) is 31.0. The summed E-state index contributed by atoms with van der Waals surface area (Å²) in [6.07, 6.45) is 5.05. The maximum Gasteiger partial charge on any atom is 0.242 e. The number of hydrogen-bond donors (Lipinski definition) is 6. The van der Waals surface area contributed by atoms with Gasteiger partial charge in [0.25, 0.3) is 0 Å². The van der Waals surface area contributed by atoms with Crippen molar-refractivity contribution in [3.8, 4) is 0 Å². The van der Waals surface area contributed by atoms with Crippen molar-refractivity contribution in [3.05, 3.63) is 135 Å². The quantitative estimate of drug-likeness (QED) is 0.0243. The summed E-state index contributed by atoms with van der Waals surface area (Å²) >= 11 is 51.4. The minimum atomic E-state index is -0.815. The lowest BCUT2D eigenvalue weighted by Gasteiger charge is -2.33. The third-order valence-electron chi connectivity index (χ3n) is 15.2. The van der Waals surface area contributed by atoms with Gasteiger partial charge in [-0.1, -0.05) is 117 Å². The van der Waals surface area contributed by atoms with E-state index in [4.69, 9.17) is 121 Å². The van der Waals surface area contributed by atoms with Crippen LogP contribution in [0.25, 0.3) is 0 Å². The van der Waals surface area contributed by atoms with Crippen LogP contribution in [0.5, 0.6) is 0 Å². The molecule has 4 aromatic rings. The van der Waals surface area contributed by atoms with Gasteiger partial charge in [-0.05, 0) is 181 Å². The molecule has 0 aliphatic rings. The van der Waals surface area contributed by atoms with Crippen LogP contribution in [0.15, 0.2) is 72.8 Å². The van der Waals surface area contributed by atoms with E-state index in [9.17, 15) is 24.0 Å². The third kappa shape index (κ3) is 29.7. The van der Waals surface area contributed by atoms with Crippen LogP contribution in [-0.2, 0) is 64.0 Å². The van der Waals surface area contributed by atoms with Crippen LogP contribution in [0.2, 0.25) is 40.2 Å². The summed E-state index contributed by atoms with van der Waals surface area (Å²) in [6.45, 7) is -1.61. The molecule has 11 N–H and O–H groups in total. The van der Waals surface area contributed by atoms with Gasteiger partial charge in [-0.3, -0.25) is 38.4 Å². The summed E-state index contributed by atoms with van der Waals surface area (Å²) in [7, 11) is 0. The van der Waals surface area contributed by atoms with Crippen molar-refractivity contribution in [2.75, 3.05) is 131 Å². The van der Waals surface area contributed by atoms with Crippen LogP contribution in [0.4, 0.5) is 0 Å². The lowest BCUT2D eigenvalue weighted by molar-refractivity contribution is -0.148. The molecule has 0 atom stereocenters. The summed E-state index contributed by atoms with van der Waals surface area (Å²) in [4.78, 5) is 124. The highest BCUT2D eigenvalue weighted by Crippen LogP contribution is 2.26. The molecule has 0 saturated carbocycles. The predicted molar refractivity (Wildman–Crippen MR) is 372 cm³/mol. The van der Waals surface area contributed by atoms with E-state index in [1.54, 1.807) is 60.7 Å². The number of carbonyl (C=O) groups is 8. The number of amides is 8. The van der Waals surface area contributed by atoms with Crippen LogP contribution < -0.4 is 34.0 Å². The average Bonchev–Trinajstić information content (AvgIpc) is 2.83. The van der Waals surface area contributed by atoms with E-state index in [0.717, 1.165) is 12.8 Å². The van der Waals surface area contributed by atoms with E-state index in [1.807, 2.05) is 0 Å². The molecule has 0 fully saturated rings. The number of nitrogens with two attached hydrogens (primary N) is 5. The number of nitrogens with one attached hydrogen (secondary N) is 1. The fourth-order valence-corrected chi connectivity index (χ4v) is 11.8. The van der Waals surface area contributed by atoms with E-state index in [2.05, 4.69) is 5.32 Å². The van der Waals surface area contributed by atoms with Crippen molar-refractivity contribution >= 4 is 140 Å². The van der Waals surface area contributed by atoms with Gasteiger partial charge >= 0.3 is 0 Å². The molecule has 21 nitrogen and oxygen atoms in total. The molecule has 0 aliphatic heterocycles. The molecule has 0 heterocycles. The fourth-order valence-electron chi connectivity index (χ4n) is 9.77. The number of carbonyl (C=O) groups excluding carboxylic acids is 8. The molecule has 512 valence electrons. The predicted octanol–water partition coefficient (Wildman–Crippen LogP) is 7.02. The maximum atomic E-state index is 15.3. The number of unbranched alkanes of at least 4 members (excludes halogenated alkanes) is 4. The molecule has 93 heavy (non-hydrogen) atoms. The first kappa shape index (κ1) is 80.2. The van der Waals surface area contributed by atoms with Crippen LogP contribution in [0.3, 0.4) is 0 Å². The molecule has 0 saturated heterocycles. The molecule has 0 spiro atoms. The van der Waals surface area contributed by atoms with Crippen LogP contribution in [0.1, 0.15) is 73.6 Å². The smallest absolute Gasteiger partial charge is 0.242 e. The number of primary amides is 1. The maximum absolute atomic E-state index is 15.3. The first-order chi connectivity index (χ1) is 44.5. The fraction of sp³-hybridized carbons (Fsp3) is 0.500. The van der Waals surface area contributed by atoms with Crippen molar-refractivity contribution in [2.24, 2.45) is 28.7 Å². The molecular formula is C64H87Cl8N13O8. The second-order valence-electron chi connectivity index (χ2n) is 22.3. The van der Waals surface area contributed by atoms with E-state index in [0.29, 0.717) is 122 Å². The Bertz CT molecular complexity index is 3100. The van der Waals surface area contributed by atoms with Gasteiger partial charge in [-0.2, -0.15) is 0 Å². The SMILES string of the molecule is NCCCCNCC(=O)N(CCCCN)CC(=O)N(CCCCN)CC(=O)N(CCCCN)CC(=O)N(CCc1ccc(Cl)cc1Cl)CC(=O)N(CCc1ccc(Cl)cc1Cl)CC(=O)N(CCc1ccc(Cl)cc1Cl)CC(=O)N(CCc1ccc(Cl)cc1Cl)CC(N)=O. The molecule has 8 amide bonds. The van der Waals surface area contributed by atoms with Gasteiger partial charge in [0.05, 0.1) is 52.4 Å². The number of benzene rings is 4. The topological polar surface area (TPSA) is 301 Å². The first-order valence-corrected chi connectivity index (χ1v) is 34.0.